The highest BCUT2D eigenvalue weighted by molar-refractivity contribution is 5.64. The second kappa shape index (κ2) is 6.67. The maximum atomic E-state index is 13.1. The van der Waals surface area contributed by atoms with Crippen molar-refractivity contribution < 1.29 is 4.39 Å². The third kappa shape index (κ3) is 4.43. The van der Waals surface area contributed by atoms with Gasteiger partial charge >= 0.3 is 0 Å². The normalized spacial score (nSPS) is 10.3. The first-order valence-corrected chi connectivity index (χ1v) is 6.50. The molecule has 0 saturated carbocycles. The molecule has 0 atom stereocenters. The molecule has 21 heavy (non-hydrogen) atoms. The van der Waals surface area contributed by atoms with Gasteiger partial charge in [-0.25, -0.2) is 14.4 Å². The number of aromatic nitrogens is 1. The number of aliphatic imine (C=N–C) groups is 1. The Kier molecular flexibility index (Phi) is 4.68. The van der Waals surface area contributed by atoms with Crippen LogP contribution >= 0.6 is 0 Å². The van der Waals surface area contributed by atoms with E-state index in [0.717, 1.165) is 5.69 Å². The van der Waals surface area contributed by atoms with Crippen LogP contribution < -0.4 is 0 Å². The number of nitrogens with zero attached hydrogens (tertiary/aromatic N) is 3. The van der Waals surface area contributed by atoms with E-state index in [9.17, 15) is 4.39 Å². The first kappa shape index (κ1) is 14.7. The molecule has 0 fully saturated rings. The highest BCUT2D eigenvalue weighted by atomic mass is 19.1. The van der Waals surface area contributed by atoms with Gasteiger partial charge in [0, 0.05) is 25.4 Å². The lowest BCUT2D eigenvalue weighted by atomic mass is 10.2. The minimum Gasteiger partial charge on any atom is -0.369 e. The number of hydrogen-bond acceptors (Lipinski definition) is 2. The molecule has 0 aliphatic carbocycles. The van der Waals surface area contributed by atoms with Gasteiger partial charge in [0.15, 0.2) is 0 Å². The minimum absolute atomic E-state index is 0.301. The number of benzene rings is 1. The van der Waals surface area contributed by atoms with E-state index in [2.05, 4.69) is 21.8 Å². The van der Waals surface area contributed by atoms with Gasteiger partial charge < -0.3 is 4.90 Å². The summed E-state index contributed by atoms with van der Waals surface area (Å²) in [6.07, 6.45) is 1.69. The van der Waals surface area contributed by atoms with Gasteiger partial charge in [-0.05, 0) is 43.2 Å². The molecule has 1 aromatic carbocycles. The van der Waals surface area contributed by atoms with E-state index < -0.39 is 0 Å². The summed E-state index contributed by atoms with van der Waals surface area (Å²) in [6.45, 7) is 1.90. The van der Waals surface area contributed by atoms with Gasteiger partial charge in [-0.1, -0.05) is 12.0 Å². The van der Waals surface area contributed by atoms with E-state index >= 15 is 0 Å². The summed E-state index contributed by atoms with van der Waals surface area (Å²) in [7, 11) is 3.78. The van der Waals surface area contributed by atoms with E-state index in [-0.39, 0.29) is 5.82 Å². The van der Waals surface area contributed by atoms with Gasteiger partial charge in [-0.2, -0.15) is 0 Å². The molecule has 0 spiro atoms. The fourth-order valence-corrected chi connectivity index (χ4v) is 1.62. The zero-order chi connectivity index (χ0) is 15.2. The summed E-state index contributed by atoms with van der Waals surface area (Å²) in [5.41, 5.74) is 2.75. The Hall–Kier alpha value is -2.67. The molecule has 0 bridgehead atoms. The van der Waals surface area contributed by atoms with Gasteiger partial charge in [0.05, 0.1) is 12.0 Å². The summed E-state index contributed by atoms with van der Waals surface area (Å²) in [5.74, 6) is 5.58. The standard InChI is InChI=1S/C17H16FN3/c1-13-7-9-16(19-12-21(2)3)17(20-13)10-8-14-5-4-6-15(18)11-14/h4-7,9,11-12H,1-3H3. The lowest BCUT2D eigenvalue weighted by molar-refractivity contribution is 0.627. The molecule has 0 amide bonds. The van der Waals surface area contributed by atoms with Crippen molar-refractivity contribution in [1.29, 1.82) is 0 Å². The van der Waals surface area contributed by atoms with Crippen LogP contribution in [0.4, 0.5) is 10.1 Å². The first-order valence-electron chi connectivity index (χ1n) is 6.50. The van der Waals surface area contributed by atoms with Crippen molar-refractivity contribution >= 4 is 12.0 Å². The first-order chi connectivity index (χ1) is 10.0. The average Bonchev–Trinajstić information content (AvgIpc) is 2.44. The summed E-state index contributed by atoms with van der Waals surface area (Å²) in [5, 5.41) is 0. The second-order valence-corrected chi connectivity index (χ2v) is 4.79. The third-order valence-corrected chi connectivity index (χ3v) is 2.59. The molecule has 1 aromatic heterocycles. The Labute approximate surface area is 124 Å². The van der Waals surface area contributed by atoms with Crippen LogP contribution in [0.3, 0.4) is 0 Å². The van der Waals surface area contributed by atoms with Gasteiger partial charge in [0.1, 0.15) is 11.5 Å². The molecule has 0 aliphatic rings. The fraction of sp³-hybridized carbons (Fsp3) is 0.176. The molecule has 0 aliphatic heterocycles. The molecule has 2 aromatic rings. The van der Waals surface area contributed by atoms with E-state index in [1.54, 1.807) is 18.5 Å². The van der Waals surface area contributed by atoms with Crippen LogP contribution in [0.25, 0.3) is 0 Å². The molecule has 1 heterocycles. The number of hydrogen-bond donors (Lipinski definition) is 0. The number of halogens is 1. The van der Waals surface area contributed by atoms with E-state index in [1.807, 2.05) is 38.1 Å². The summed E-state index contributed by atoms with van der Waals surface area (Å²) in [4.78, 5) is 10.6. The molecule has 0 radical (unpaired) electrons. The van der Waals surface area contributed by atoms with Gasteiger partial charge in [0.25, 0.3) is 0 Å². The van der Waals surface area contributed by atoms with Crippen molar-refractivity contribution in [1.82, 2.24) is 9.88 Å². The zero-order valence-corrected chi connectivity index (χ0v) is 12.3. The zero-order valence-electron chi connectivity index (χ0n) is 12.3. The van der Waals surface area contributed by atoms with Gasteiger partial charge in [-0.3, -0.25) is 0 Å². The molecule has 3 nitrogen and oxygen atoms in total. The second-order valence-electron chi connectivity index (χ2n) is 4.79. The Balaban J connectivity index is 2.37. The van der Waals surface area contributed by atoms with E-state index in [1.165, 1.54) is 12.1 Å². The predicted molar refractivity (Wildman–Crippen MR) is 83.2 cm³/mol. The topological polar surface area (TPSA) is 28.5 Å². The molecular weight excluding hydrogens is 265 g/mol. The lowest BCUT2D eigenvalue weighted by Crippen LogP contribution is -2.07. The third-order valence-electron chi connectivity index (χ3n) is 2.59. The van der Waals surface area contributed by atoms with Crippen LogP contribution in [-0.2, 0) is 0 Å². The highest BCUT2D eigenvalue weighted by Gasteiger charge is 2.00. The fourth-order valence-electron chi connectivity index (χ4n) is 1.62. The van der Waals surface area contributed by atoms with E-state index in [0.29, 0.717) is 16.9 Å². The van der Waals surface area contributed by atoms with Crippen molar-refractivity contribution in [3.05, 3.63) is 59.2 Å². The van der Waals surface area contributed by atoms with Crippen LogP contribution in [0, 0.1) is 24.6 Å². The van der Waals surface area contributed by atoms with Crippen molar-refractivity contribution in [2.75, 3.05) is 14.1 Å². The molecule has 0 unspecified atom stereocenters. The summed E-state index contributed by atoms with van der Waals surface area (Å²) >= 11 is 0. The van der Waals surface area contributed by atoms with Crippen LogP contribution in [0.1, 0.15) is 17.0 Å². The molecule has 4 heteroatoms. The van der Waals surface area contributed by atoms with E-state index in [4.69, 9.17) is 0 Å². The Morgan fingerprint density at radius 2 is 2.00 bits per heavy atom. The Bertz CT molecular complexity index is 724. The van der Waals surface area contributed by atoms with Gasteiger partial charge in [0.2, 0.25) is 0 Å². The Morgan fingerprint density at radius 1 is 1.19 bits per heavy atom. The van der Waals surface area contributed by atoms with Crippen LogP contribution in [-0.4, -0.2) is 30.3 Å². The van der Waals surface area contributed by atoms with Crippen LogP contribution in [0.2, 0.25) is 0 Å². The number of aryl methyl sites for hydroxylation is 1. The SMILES string of the molecule is Cc1ccc(N=CN(C)C)c(C#Cc2cccc(F)c2)n1. The lowest BCUT2D eigenvalue weighted by Gasteiger charge is -2.04. The minimum atomic E-state index is -0.301. The molecule has 106 valence electrons. The molecule has 0 saturated heterocycles. The highest BCUT2D eigenvalue weighted by Crippen LogP contribution is 2.16. The van der Waals surface area contributed by atoms with Gasteiger partial charge in [-0.15, -0.1) is 0 Å². The van der Waals surface area contributed by atoms with Crippen molar-refractivity contribution in [3.8, 4) is 11.8 Å². The largest absolute Gasteiger partial charge is 0.369 e. The van der Waals surface area contributed by atoms with Crippen molar-refractivity contribution in [2.45, 2.75) is 6.92 Å². The summed E-state index contributed by atoms with van der Waals surface area (Å²) in [6, 6.07) is 9.94. The molecular formula is C17H16FN3. The van der Waals surface area contributed by atoms with Crippen molar-refractivity contribution in [2.24, 2.45) is 4.99 Å². The van der Waals surface area contributed by atoms with Crippen molar-refractivity contribution in [3.63, 3.8) is 0 Å². The summed E-state index contributed by atoms with van der Waals surface area (Å²) < 4.78 is 13.1. The van der Waals surface area contributed by atoms with Crippen LogP contribution in [0.5, 0.6) is 0 Å². The predicted octanol–water partition coefficient (Wildman–Crippen LogP) is 3.15. The molecule has 2 rings (SSSR count). The maximum Gasteiger partial charge on any atom is 0.139 e. The van der Waals surface area contributed by atoms with Crippen LogP contribution in [0.15, 0.2) is 41.4 Å². The average molecular weight is 281 g/mol. The Morgan fingerprint density at radius 3 is 2.71 bits per heavy atom. The quantitative estimate of drug-likeness (QED) is 0.480. The molecule has 0 N–H and O–H groups in total. The smallest absolute Gasteiger partial charge is 0.139 e. The number of rotatable bonds is 2. The maximum absolute atomic E-state index is 13.1. The number of pyridine rings is 1. The monoisotopic (exact) mass is 281 g/mol.